The van der Waals surface area contributed by atoms with Crippen molar-refractivity contribution >= 4 is 11.4 Å². The summed E-state index contributed by atoms with van der Waals surface area (Å²) in [6.07, 6.45) is 3.07. The van der Waals surface area contributed by atoms with Gasteiger partial charge in [-0.3, -0.25) is 0 Å². The SMILES string of the molecule is C=CC(OC(C=C)c1ccc(N)cc1)c1ccc(N)cc1. The molecule has 0 aliphatic rings. The summed E-state index contributed by atoms with van der Waals surface area (Å²) in [6, 6.07) is 15.1. The van der Waals surface area contributed by atoms with Crippen LogP contribution in [0.2, 0.25) is 0 Å². The maximum atomic E-state index is 6.08. The summed E-state index contributed by atoms with van der Waals surface area (Å²) in [5.74, 6) is 0. The molecule has 0 heterocycles. The van der Waals surface area contributed by atoms with Crippen molar-refractivity contribution in [2.45, 2.75) is 12.2 Å². The highest BCUT2D eigenvalue weighted by atomic mass is 16.5. The molecule has 4 N–H and O–H groups in total. The van der Waals surface area contributed by atoms with Crippen LogP contribution in [0.3, 0.4) is 0 Å². The first-order valence-electron chi connectivity index (χ1n) is 6.75. The van der Waals surface area contributed by atoms with Crippen LogP contribution in [-0.2, 0) is 4.74 Å². The third-order valence-corrected chi connectivity index (χ3v) is 3.25. The van der Waals surface area contributed by atoms with Crippen LogP contribution in [0.5, 0.6) is 0 Å². The number of benzene rings is 2. The fourth-order valence-electron chi connectivity index (χ4n) is 2.07. The molecule has 2 rings (SSSR count). The van der Waals surface area contributed by atoms with E-state index in [2.05, 4.69) is 13.2 Å². The van der Waals surface area contributed by atoms with Crippen LogP contribution >= 0.6 is 0 Å². The zero-order valence-corrected chi connectivity index (χ0v) is 11.9. The van der Waals surface area contributed by atoms with Crippen molar-refractivity contribution in [1.29, 1.82) is 0 Å². The molecule has 0 radical (unpaired) electrons. The first kappa shape index (κ1) is 14.9. The predicted molar refractivity (Wildman–Crippen MR) is 88.7 cm³/mol. The van der Waals surface area contributed by atoms with Crippen molar-refractivity contribution in [3.05, 3.63) is 85.0 Å². The molecule has 0 spiro atoms. The summed E-state index contributed by atoms with van der Waals surface area (Å²) >= 11 is 0. The van der Waals surface area contributed by atoms with Gasteiger partial charge in [-0.15, -0.1) is 13.2 Å². The van der Waals surface area contributed by atoms with Gasteiger partial charge in [-0.2, -0.15) is 0 Å². The summed E-state index contributed by atoms with van der Waals surface area (Å²) in [5, 5.41) is 0. The molecule has 108 valence electrons. The van der Waals surface area contributed by atoms with Gasteiger partial charge in [0.15, 0.2) is 0 Å². The van der Waals surface area contributed by atoms with Crippen LogP contribution in [0.4, 0.5) is 11.4 Å². The summed E-state index contributed by atoms with van der Waals surface area (Å²) in [4.78, 5) is 0. The largest absolute Gasteiger partial charge is 0.399 e. The summed E-state index contributed by atoms with van der Waals surface area (Å²) in [5.41, 5.74) is 14.9. The van der Waals surface area contributed by atoms with Gasteiger partial charge in [-0.25, -0.2) is 0 Å². The molecule has 0 aliphatic carbocycles. The van der Waals surface area contributed by atoms with Crippen molar-refractivity contribution in [2.75, 3.05) is 11.5 Å². The van der Waals surface area contributed by atoms with Crippen molar-refractivity contribution in [3.8, 4) is 0 Å². The molecule has 0 amide bonds. The molecule has 2 atom stereocenters. The van der Waals surface area contributed by atoms with Crippen LogP contribution in [0.15, 0.2) is 73.8 Å². The maximum Gasteiger partial charge on any atom is 0.102 e. The number of nitrogens with two attached hydrogens (primary N) is 2. The second-order valence-corrected chi connectivity index (χ2v) is 4.78. The highest BCUT2D eigenvalue weighted by molar-refractivity contribution is 5.41. The van der Waals surface area contributed by atoms with Crippen LogP contribution in [-0.4, -0.2) is 0 Å². The topological polar surface area (TPSA) is 61.3 Å². The Morgan fingerprint density at radius 3 is 1.33 bits per heavy atom. The van der Waals surface area contributed by atoms with Crippen molar-refractivity contribution in [1.82, 2.24) is 0 Å². The van der Waals surface area contributed by atoms with E-state index in [-0.39, 0.29) is 12.2 Å². The first-order valence-corrected chi connectivity index (χ1v) is 6.75. The Hall–Kier alpha value is -2.52. The van der Waals surface area contributed by atoms with Gasteiger partial charge in [0.2, 0.25) is 0 Å². The number of anilines is 2. The molecule has 3 nitrogen and oxygen atoms in total. The lowest BCUT2D eigenvalue weighted by Crippen LogP contribution is -2.07. The van der Waals surface area contributed by atoms with Crippen LogP contribution < -0.4 is 11.5 Å². The molecular weight excluding hydrogens is 260 g/mol. The second-order valence-electron chi connectivity index (χ2n) is 4.78. The normalized spacial score (nSPS) is 13.3. The van der Waals surface area contributed by atoms with Gasteiger partial charge in [-0.05, 0) is 35.4 Å². The smallest absolute Gasteiger partial charge is 0.102 e. The van der Waals surface area contributed by atoms with E-state index >= 15 is 0 Å². The number of hydrogen-bond acceptors (Lipinski definition) is 3. The fraction of sp³-hybridized carbons (Fsp3) is 0.111. The molecule has 2 aromatic rings. The number of ether oxygens (including phenoxy) is 1. The van der Waals surface area contributed by atoms with E-state index in [0.717, 1.165) is 22.5 Å². The van der Waals surface area contributed by atoms with Crippen molar-refractivity contribution in [3.63, 3.8) is 0 Å². The molecule has 0 aliphatic heterocycles. The Morgan fingerprint density at radius 2 is 1.05 bits per heavy atom. The molecule has 0 saturated heterocycles. The number of nitrogen functional groups attached to an aromatic ring is 2. The van der Waals surface area contributed by atoms with E-state index in [1.165, 1.54) is 0 Å². The minimum absolute atomic E-state index is 0.230. The zero-order chi connectivity index (χ0) is 15.2. The Balaban J connectivity index is 2.19. The summed E-state index contributed by atoms with van der Waals surface area (Å²) in [7, 11) is 0. The highest BCUT2D eigenvalue weighted by Crippen LogP contribution is 2.29. The summed E-state index contributed by atoms with van der Waals surface area (Å²) in [6.45, 7) is 7.69. The quantitative estimate of drug-likeness (QED) is 0.620. The minimum atomic E-state index is -0.230. The Labute approximate surface area is 125 Å². The van der Waals surface area contributed by atoms with Gasteiger partial charge in [0.1, 0.15) is 12.2 Å². The molecule has 0 bridgehead atoms. The lowest BCUT2D eigenvalue weighted by Gasteiger charge is -2.21. The molecule has 2 aromatic carbocycles. The summed E-state index contributed by atoms with van der Waals surface area (Å²) < 4.78 is 6.08. The van der Waals surface area contributed by atoms with E-state index in [1.54, 1.807) is 12.2 Å². The molecule has 0 aromatic heterocycles. The third kappa shape index (κ3) is 3.74. The Kier molecular flexibility index (Phi) is 4.80. The second kappa shape index (κ2) is 6.77. The van der Waals surface area contributed by atoms with Crippen molar-refractivity contribution < 1.29 is 4.74 Å². The minimum Gasteiger partial charge on any atom is -0.399 e. The first-order chi connectivity index (χ1) is 10.1. The Bertz CT molecular complexity index is 547. The van der Waals surface area contributed by atoms with E-state index in [1.807, 2.05) is 48.5 Å². The average molecular weight is 280 g/mol. The number of hydrogen-bond donors (Lipinski definition) is 2. The molecule has 0 fully saturated rings. The third-order valence-electron chi connectivity index (χ3n) is 3.25. The van der Waals surface area contributed by atoms with E-state index in [0.29, 0.717) is 0 Å². The predicted octanol–water partition coefficient (Wildman–Crippen LogP) is 4.02. The van der Waals surface area contributed by atoms with Gasteiger partial charge in [0, 0.05) is 11.4 Å². The van der Waals surface area contributed by atoms with Gasteiger partial charge in [0.05, 0.1) is 0 Å². The van der Waals surface area contributed by atoms with Crippen LogP contribution in [0.25, 0.3) is 0 Å². The van der Waals surface area contributed by atoms with Crippen LogP contribution in [0.1, 0.15) is 23.3 Å². The van der Waals surface area contributed by atoms with E-state index in [4.69, 9.17) is 16.2 Å². The monoisotopic (exact) mass is 280 g/mol. The van der Waals surface area contributed by atoms with Crippen molar-refractivity contribution in [2.24, 2.45) is 0 Å². The highest BCUT2D eigenvalue weighted by Gasteiger charge is 2.15. The van der Waals surface area contributed by atoms with Gasteiger partial charge in [-0.1, -0.05) is 36.4 Å². The molecule has 21 heavy (non-hydrogen) atoms. The lowest BCUT2D eigenvalue weighted by molar-refractivity contribution is 0.0403. The van der Waals surface area contributed by atoms with Gasteiger partial charge >= 0.3 is 0 Å². The number of rotatable bonds is 6. The molecule has 3 heteroatoms. The van der Waals surface area contributed by atoms with Crippen LogP contribution in [0, 0.1) is 0 Å². The standard InChI is InChI=1S/C18H20N2O/c1-3-17(13-5-9-15(19)10-6-13)21-18(4-2)14-7-11-16(20)12-8-14/h3-12,17-18H,1-2,19-20H2. The zero-order valence-electron chi connectivity index (χ0n) is 11.9. The van der Waals surface area contributed by atoms with Gasteiger partial charge < -0.3 is 16.2 Å². The fourth-order valence-corrected chi connectivity index (χ4v) is 2.07. The van der Waals surface area contributed by atoms with E-state index in [9.17, 15) is 0 Å². The molecule has 2 unspecified atom stereocenters. The average Bonchev–Trinajstić information content (AvgIpc) is 2.51. The Morgan fingerprint density at radius 1 is 0.714 bits per heavy atom. The molecular formula is C18H20N2O. The van der Waals surface area contributed by atoms with Gasteiger partial charge in [0.25, 0.3) is 0 Å². The van der Waals surface area contributed by atoms with E-state index < -0.39 is 0 Å². The maximum absolute atomic E-state index is 6.08. The molecule has 0 saturated carbocycles. The lowest BCUT2D eigenvalue weighted by atomic mass is 10.1.